The van der Waals surface area contributed by atoms with Gasteiger partial charge in [0.1, 0.15) is 0 Å². The first-order chi connectivity index (χ1) is 7.19. The summed E-state index contributed by atoms with van der Waals surface area (Å²) in [6, 6.07) is 0.121. The first kappa shape index (κ1) is 12.5. The Morgan fingerprint density at radius 3 is 2.80 bits per heavy atom. The fourth-order valence-corrected chi connectivity index (χ4v) is 2.00. The highest BCUT2D eigenvalue weighted by molar-refractivity contribution is 5.79. The van der Waals surface area contributed by atoms with Crippen LogP contribution in [0.3, 0.4) is 0 Å². The number of amides is 1. The molecule has 15 heavy (non-hydrogen) atoms. The molecular weight excluding hydrogens is 192 g/mol. The number of hydrogen-bond donors (Lipinski definition) is 3. The predicted molar refractivity (Wildman–Crippen MR) is 59.4 cm³/mol. The molecule has 4 nitrogen and oxygen atoms in total. The normalized spacial score (nSPS) is 27.7. The summed E-state index contributed by atoms with van der Waals surface area (Å²) in [6.45, 7) is 5.96. The molecule has 1 heterocycles. The lowest BCUT2D eigenvalue weighted by Crippen LogP contribution is -2.41. The second-order valence-electron chi connectivity index (χ2n) is 4.37. The van der Waals surface area contributed by atoms with Crippen molar-refractivity contribution in [2.45, 2.75) is 32.7 Å². The average Bonchev–Trinajstić information content (AvgIpc) is 2.63. The third kappa shape index (κ3) is 3.47. The van der Waals surface area contributed by atoms with Crippen molar-refractivity contribution >= 4 is 5.91 Å². The van der Waals surface area contributed by atoms with E-state index in [0.29, 0.717) is 12.3 Å². The predicted octanol–water partition coefficient (Wildman–Crippen LogP) is 0.119. The highest BCUT2D eigenvalue weighted by Gasteiger charge is 2.30. The van der Waals surface area contributed by atoms with Crippen molar-refractivity contribution in [3.05, 3.63) is 0 Å². The zero-order chi connectivity index (χ0) is 11.3. The van der Waals surface area contributed by atoms with E-state index < -0.39 is 0 Å². The summed E-state index contributed by atoms with van der Waals surface area (Å²) in [5.74, 6) is 0.641. The van der Waals surface area contributed by atoms with Crippen LogP contribution in [-0.4, -0.2) is 36.8 Å². The van der Waals surface area contributed by atoms with Gasteiger partial charge in [0.15, 0.2) is 0 Å². The molecule has 0 aromatic heterocycles. The van der Waals surface area contributed by atoms with Crippen molar-refractivity contribution in [1.82, 2.24) is 10.6 Å². The average molecular weight is 214 g/mol. The molecule has 0 aromatic carbocycles. The van der Waals surface area contributed by atoms with Crippen molar-refractivity contribution in [3.63, 3.8) is 0 Å². The van der Waals surface area contributed by atoms with Crippen molar-refractivity contribution < 1.29 is 9.90 Å². The SMILES string of the molecule is CCC(CCO)NC(=O)C1CNCC1C. The lowest BCUT2D eigenvalue weighted by Gasteiger charge is -2.20. The minimum atomic E-state index is 0.0951. The van der Waals surface area contributed by atoms with E-state index in [0.717, 1.165) is 19.5 Å². The number of hydrogen-bond acceptors (Lipinski definition) is 3. The molecule has 3 atom stereocenters. The monoisotopic (exact) mass is 214 g/mol. The molecule has 0 bridgehead atoms. The van der Waals surface area contributed by atoms with Gasteiger partial charge in [-0.25, -0.2) is 0 Å². The highest BCUT2D eigenvalue weighted by atomic mass is 16.3. The van der Waals surface area contributed by atoms with Crippen LogP contribution in [0.5, 0.6) is 0 Å². The lowest BCUT2D eigenvalue weighted by atomic mass is 9.96. The largest absolute Gasteiger partial charge is 0.396 e. The minimum absolute atomic E-state index is 0.0951. The summed E-state index contributed by atoms with van der Waals surface area (Å²) < 4.78 is 0. The zero-order valence-corrected chi connectivity index (χ0v) is 9.62. The quantitative estimate of drug-likeness (QED) is 0.609. The number of aliphatic hydroxyl groups excluding tert-OH is 1. The van der Waals surface area contributed by atoms with Crippen LogP contribution in [-0.2, 0) is 4.79 Å². The number of nitrogens with one attached hydrogen (secondary N) is 2. The van der Waals surface area contributed by atoms with Gasteiger partial charge in [-0.3, -0.25) is 4.79 Å². The highest BCUT2D eigenvalue weighted by Crippen LogP contribution is 2.16. The van der Waals surface area contributed by atoms with Gasteiger partial charge in [-0.05, 0) is 25.3 Å². The second-order valence-corrected chi connectivity index (χ2v) is 4.37. The van der Waals surface area contributed by atoms with E-state index >= 15 is 0 Å². The third-order valence-electron chi connectivity index (χ3n) is 3.17. The molecule has 0 spiro atoms. The van der Waals surface area contributed by atoms with Crippen LogP contribution < -0.4 is 10.6 Å². The van der Waals surface area contributed by atoms with E-state index in [2.05, 4.69) is 17.6 Å². The van der Waals surface area contributed by atoms with Crippen LogP contribution in [0.25, 0.3) is 0 Å². The van der Waals surface area contributed by atoms with Crippen LogP contribution in [0.2, 0.25) is 0 Å². The van der Waals surface area contributed by atoms with Crippen LogP contribution in [0.4, 0.5) is 0 Å². The molecule has 3 N–H and O–H groups in total. The molecule has 1 fully saturated rings. The van der Waals surface area contributed by atoms with E-state index in [9.17, 15) is 4.79 Å². The van der Waals surface area contributed by atoms with Crippen molar-refractivity contribution in [2.24, 2.45) is 11.8 Å². The molecule has 1 aliphatic heterocycles. The van der Waals surface area contributed by atoms with Gasteiger partial charge in [-0.2, -0.15) is 0 Å². The van der Waals surface area contributed by atoms with Crippen LogP contribution in [0.15, 0.2) is 0 Å². The van der Waals surface area contributed by atoms with E-state index in [1.54, 1.807) is 0 Å². The standard InChI is InChI=1S/C11H22N2O2/c1-3-9(4-5-14)13-11(15)10-7-12-6-8(10)2/h8-10,12,14H,3-7H2,1-2H3,(H,13,15). The maximum absolute atomic E-state index is 11.9. The Balaban J connectivity index is 2.39. The Labute approximate surface area is 91.4 Å². The Bertz CT molecular complexity index is 209. The molecular formula is C11H22N2O2. The van der Waals surface area contributed by atoms with Gasteiger partial charge >= 0.3 is 0 Å². The zero-order valence-electron chi connectivity index (χ0n) is 9.62. The van der Waals surface area contributed by atoms with E-state index in [1.165, 1.54) is 0 Å². The summed E-state index contributed by atoms with van der Waals surface area (Å²) in [6.07, 6.45) is 1.53. The minimum Gasteiger partial charge on any atom is -0.396 e. The second kappa shape index (κ2) is 6.08. The summed E-state index contributed by atoms with van der Waals surface area (Å²) >= 11 is 0. The van der Waals surface area contributed by atoms with Crippen LogP contribution >= 0.6 is 0 Å². The van der Waals surface area contributed by atoms with Gasteiger partial charge in [0.05, 0.1) is 5.92 Å². The molecule has 3 unspecified atom stereocenters. The topological polar surface area (TPSA) is 61.4 Å². The molecule has 0 saturated carbocycles. The molecule has 88 valence electrons. The first-order valence-corrected chi connectivity index (χ1v) is 5.81. The molecule has 0 radical (unpaired) electrons. The number of carbonyl (C=O) groups excluding carboxylic acids is 1. The molecule has 0 aromatic rings. The molecule has 0 aliphatic carbocycles. The fourth-order valence-electron chi connectivity index (χ4n) is 2.00. The molecule has 1 rings (SSSR count). The van der Waals surface area contributed by atoms with E-state index in [-0.39, 0.29) is 24.5 Å². The van der Waals surface area contributed by atoms with Crippen molar-refractivity contribution in [1.29, 1.82) is 0 Å². The molecule has 1 aliphatic rings. The maximum Gasteiger partial charge on any atom is 0.224 e. The number of rotatable bonds is 5. The summed E-state index contributed by atoms with van der Waals surface area (Å²) in [5, 5.41) is 15.1. The van der Waals surface area contributed by atoms with Gasteiger partial charge in [0.25, 0.3) is 0 Å². The van der Waals surface area contributed by atoms with Crippen molar-refractivity contribution in [3.8, 4) is 0 Å². The lowest BCUT2D eigenvalue weighted by molar-refractivity contribution is -0.126. The Hall–Kier alpha value is -0.610. The van der Waals surface area contributed by atoms with Gasteiger partial charge in [-0.15, -0.1) is 0 Å². The fraction of sp³-hybridized carbons (Fsp3) is 0.909. The van der Waals surface area contributed by atoms with E-state index in [4.69, 9.17) is 5.11 Å². The Kier molecular flexibility index (Phi) is 5.05. The van der Waals surface area contributed by atoms with Gasteiger partial charge < -0.3 is 15.7 Å². The number of carbonyl (C=O) groups is 1. The van der Waals surface area contributed by atoms with Gasteiger partial charge in [-0.1, -0.05) is 13.8 Å². The van der Waals surface area contributed by atoms with Crippen molar-refractivity contribution in [2.75, 3.05) is 19.7 Å². The maximum atomic E-state index is 11.9. The first-order valence-electron chi connectivity index (χ1n) is 5.81. The molecule has 1 saturated heterocycles. The number of aliphatic hydroxyl groups is 1. The van der Waals surface area contributed by atoms with Crippen LogP contribution in [0.1, 0.15) is 26.7 Å². The van der Waals surface area contributed by atoms with E-state index in [1.807, 2.05) is 6.92 Å². The molecule has 4 heteroatoms. The third-order valence-corrected chi connectivity index (χ3v) is 3.17. The van der Waals surface area contributed by atoms with Gasteiger partial charge in [0.2, 0.25) is 5.91 Å². The Morgan fingerprint density at radius 2 is 2.33 bits per heavy atom. The van der Waals surface area contributed by atoms with Crippen LogP contribution in [0, 0.1) is 11.8 Å². The smallest absolute Gasteiger partial charge is 0.224 e. The van der Waals surface area contributed by atoms with Gasteiger partial charge in [0, 0.05) is 19.2 Å². The summed E-state index contributed by atoms with van der Waals surface area (Å²) in [5.41, 5.74) is 0. The summed E-state index contributed by atoms with van der Waals surface area (Å²) in [4.78, 5) is 11.9. The molecule has 1 amide bonds. The summed E-state index contributed by atoms with van der Waals surface area (Å²) in [7, 11) is 0. The Morgan fingerprint density at radius 1 is 1.60 bits per heavy atom.